The Bertz CT molecular complexity index is 408. The van der Waals surface area contributed by atoms with Crippen LogP contribution in [0.15, 0.2) is 21.8 Å². The van der Waals surface area contributed by atoms with Gasteiger partial charge in [-0.25, -0.2) is 4.68 Å². The van der Waals surface area contributed by atoms with E-state index in [1.807, 2.05) is 12.3 Å². The standard InChI is InChI=1S/C7H8N4OS/c1-11-6(8-9-10-11)5-3-4-12-7(5)13-2/h3-4H,1-2H3. The number of aromatic nitrogens is 4. The van der Waals surface area contributed by atoms with Gasteiger partial charge < -0.3 is 4.42 Å². The van der Waals surface area contributed by atoms with Crippen molar-refractivity contribution in [3.63, 3.8) is 0 Å². The van der Waals surface area contributed by atoms with Crippen molar-refractivity contribution in [3.8, 4) is 11.4 Å². The van der Waals surface area contributed by atoms with E-state index in [9.17, 15) is 0 Å². The molecule has 0 fully saturated rings. The first-order valence-electron chi connectivity index (χ1n) is 3.67. The van der Waals surface area contributed by atoms with Gasteiger partial charge in [0.25, 0.3) is 0 Å². The maximum Gasteiger partial charge on any atom is 0.186 e. The molecule has 0 aliphatic heterocycles. The van der Waals surface area contributed by atoms with E-state index in [-0.39, 0.29) is 0 Å². The highest BCUT2D eigenvalue weighted by molar-refractivity contribution is 7.98. The van der Waals surface area contributed by atoms with E-state index in [2.05, 4.69) is 15.5 Å². The fourth-order valence-electron chi connectivity index (χ4n) is 1.08. The van der Waals surface area contributed by atoms with E-state index in [0.29, 0.717) is 0 Å². The van der Waals surface area contributed by atoms with Gasteiger partial charge in [-0.3, -0.25) is 0 Å². The van der Waals surface area contributed by atoms with Crippen LogP contribution >= 0.6 is 11.8 Å². The number of thioether (sulfide) groups is 1. The summed E-state index contributed by atoms with van der Waals surface area (Å²) in [5.74, 6) is 0.720. The highest BCUT2D eigenvalue weighted by Crippen LogP contribution is 2.28. The maximum absolute atomic E-state index is 5.25. The van der Waals surface area contributed by atoms with Gasteiger partial charge >= 0.3 is 0 Å². The molecule has 6 heteroatoms. The average Bonchev–Trinajstić information content (AvgIpc) is 2.71. The second-order valence-corrected chi connectivity index (χ2v) is 3.23. The van der Waals surface area contributed by atoms with Gasteiger partial charge in [0.05, 0.1) is 11.8 Å². The Hall–Kier alpha value is -1.30. The summed E-state index contributed by atoms with van der Waals surface area (Å²) in [6.07, 6.45) is 3.59. The largest absolute Gasteiger partial charge is 0.457 e. The third-order valence-electron chi connectivity index (χ3n) is 1.68. The fourth-order valence-corrected chi connectivity index (χ4v) is 1.61. The molecular formula is C7H8N4OS. The van der Waals surface area contributed by atoms with Crippen LogP contribution in [0.2, 0.25) is 0 Å². The molecule has 0 aliphatic rings. The number of aryl methyl sites for hydroxylation is 1. The van der Waals surface area contributed by atoms with Crippen molar-refractivity contribution < 1.29 is 4.42 Å². The zero-order valence-electron chi connectivity index (χ0n) is 7.26. The molecule has 0 bridgehead atoms. The van der Waals surface area contributed by atoms with Gasteiger partial charge in [-0.2, -0.15) is 0 Å². The van der Waals surface area contributed by atoms with Crippen LogP contribution < -0.4 is 0 Å². The zero-order chi connectivity index (χ0) is 9.26. The Morgan fingerprint density at radius 1 is 1.54 bits per heavy atom. The van der Waals surface area contributed by atoms with Crippen LogP contribution in [-0.4, -0.2) is 26.5 Å². The van der Waals surface area contributed by atoms with Gasteiger partial charge in [-0.15, -0.1) is 5.10 Å². The number of furan rings is 1. The zero-order valence-corrected chi connectivity index (χ0v) is 8.08. The molecule has 0 saturated carbocycles. The second kappa shape index (κ2) is 3.21. The minimum absolute atomic E-state index is 0.720. The van der Waals surface area contributed by atoms with Crippen molar-refractivity contribution in [1.29, 1.82) is 0 Å². The second-order valence-electron chi connectivity index (χ2n) is 2.45. The van der Waals surface area contributed by atoms with Crippen LogP contribution in [0.25, 0.3) is 11.4 Å². The Morgan fingerprint density at radius 2 is 2.38 bits per heavy atom. The minimum atomic E-state index is 0.720. The third kappa shape index (κ3) is 1.33. The molecule has 0 atom stereocenters. The highest BCUT2D eigenvalue weighted by atomic mass is 32.2. The first kappa shape index (κ1) is 8.31. The first-order chi connectivity index (χ1) is 6.33. The SMILES string of the molecule is CSc1occc1-c1nnnn1C. The summed E-state index contributed by atoms with van der Waals surface area (Å²) in [5.41, 5.74) is 0.931. The normalized spacial score (nSPS) is 10.6. The van der Waals surface area contributed by atoms with Crippen LogP contribution in [0.3, 0.4) is 0 Å². The average molecular weight is 196 g/mol. The molecule has 5 nitrogen and oxygen atoms in total. The number of nitrogens with zero attached hydrogens (tertiary/aromatic N) is 4. The lowest BCUT2D eigenvalue weighted by molar-refractivity contribution is 0.476. The molecule has 68 valence electrons. The third-order valence-corrected chi connectivity index (χ3v) is 2.36. The number of hydrogen-bond donors (Lipinski definition) is 0. The molecule has 2 aromatic heterocycles. The summed E-state index contributed by atoms with van der Waals surface area (Å²) >= 11 is 1.53. The van der Waals surface area contributed by atoms with Crippen LogP contribution in [0.5, 0.6) is 0 Å². The smallest absolute Gasteiger partial charge is 0.186 e. The molecule has 2 aromatic rings. The number of rotatable bonds is 2. The molecule has 2 heterocycles. The van der Waals surface area contributed by atoms with Crippen molar-refractivity contribution in [2.24, 2.45) is 7.05 Å². The Balaban J connectivity index is 2.52. The van der Waals surface area contributed by atoms with E-state index < -0.39 is 0 Å². The fraction of sp³-hybridized carbons (Fsp3) is 0.286. The lowest BCUT2D eigenvalue weighted by Crippen LogP contribution is -1.94. The van der Waals surface area contributed by atoms with Gasteiger partial charge in [-0.1, -0.05) is 11.8 Å². The van der Waals surface area contributed by atoms with Crippen LogP contribution in [0.4, 0.5) is 0 Å². The monoisotopic (exact) mass is 196 g/mol. The van der Waals surface area contributed by atoms with Crippen LogP contribution in [0, 0.1) is 0 Å². The predicted octanol–water partition coefficient (Wildman–Crippen LogP) is 1.19. The molecule has 2 rings (SSSR count). The summed E-state index contributed by atoms with van der Waals surface area (Å²) in [7, 11) is 1.80. The molecule has 0 radical (unpaired) electrons. The molecule has 13 heavy (non-hydrogen) atoms. The quantitative estimate of drug-likeness (QED) is 0.675. The summed E-state index contributed by atoms with van der Waals surface area (Å²) in [6, 6.07) is 1.86. The Kier molecular flexibility index (Phi) is 2.05. The first-order valence-corrected chi connectivity index (χ1v) is 4.89. The van der Waals surface area contributed by atoms with Crippen molar-refractivity contribution in [2.45, 2.75) is 5.09 Å². The van der Waals surface area contributed by atoms with Crippen LogP contribution in [0.1, 0.15) is 0 Å². The van der Waals surface area contributed by atoms with Gasteiger partial charge in [-0.05, 0) is 22.7 Å². The molecule has 0 N–H and O–H groups in total. The van der Waals surface area contributed by atoms with E-state index in [4.69, 9.17) is 4.42 Å². The van der Waals surface area contributed by atoms with Crippen LogP contribution in [-0.2, 0) is 7.05 Å². The van der Waals surface area contributed by atoms with E-state index in [0.717, 1.165) is 16.5 Å². The van der Waals surface area contributed by atoms with Gasteiger partial charge in [0, 0.05) is 7.05 Å². The van der Waals surface area contributed by atoms with Crippen molar-refractivity contribution >= 4 is 11.8 Å². The molecule has 0 aromatic carbocycles. The summed E-state index contributed by atoms with van der Waals surface area (Å²) in [5, 5.41) is 12.0. The highest BCUT2D eigenvalue weighted by Gasteiger charge is 2.12. The number of tetrazole rings is 1. The molecule has 0 spiro atoms. The van der Waals surface area contributed by atoms with Gasteiger partial charge in [0.1, 0.15) is 0 Å². The van der Waals surface area contributed by atoms with E-state index in [1.165, 1.54) is 11.8 Å². The summed E-state index contributed by atoms with van der Waals surface area (Å²) < 4.78 is 6.86. The molecule has 0 unspecified atom stereocenters. The summed E-state index contributed by atoms with van der Waals surface area (Å²) in [6.45, 7) is 0. The lowest BCUT2D eigenvalue weighted by atomic mass is 10.3. The summed E-state index contributed by atoms with van der Waals surface area (Å²) in [4.78, 5) is 0. The molecule has 0 saturated heterocycles. The predicted molar refractivity (Wildman–Crippen MR) is 48.3 cm³/mol. The van der Waals surface area contributed by atoms with Crippen molar-refractivity contribution in [3.05, 3.63) is 12.3 Å². The van der Waals surface area contributed by atoms with Gasteiger partial charge in [0.2, 0.25) is 0 Å². The van der Waals surface area contributed by atoms with Crippen molar-refractivity contribution in [1.82, 2.24) is 20.2 Å². The Morgan fingerprint density at radius 3 is 3.00 bits per heavy atom. The van der Waals surface area contributed by atoms with Gasteiger partial charge in [0.15, 0.2) is 10.9 Å². The topological polar surface area (TPSA) is 56.7 Å². The minimum Gasteiger partial charge on any atom is -0.457 e. The van der Waals surface area contributed by atoms with Crippen molar-refractivity contribution in [2.75, 3.05) is 6.26 Å². The lowest BCUT2D eigenvalue weighted by Gasteiger charge is -1.96. The van der Waals surface area contributed by atoms with E-state index in [1.54, 1.807) is 18.0 Å². The Labute approximate surface area is 79.1 Å². The number of hydrogen-bond acceptors (Lipinski definition) is 5. The molecule has 0 amide bonds. The molecule has 0 aliphatic carbocycles. The molecular weight excluding hydrogens is 188 g/mol. The maximum atomic E-state index is 5.25. The van der Waals surface area contributed by atoms with E-state index >= 15 is 0 Å².